The van der Waals surface area contributed by atoms with Crippen LogP contribution in [0.15, 0.2) is 34.9 Å². The van der Waals surface area contributed by atoms with Crippen LogP contribution in [-0.4, -0.2) is 35.5 Å². The Hall–Kier alpha value is -1.81. The number of carbonyl (C=O) groups is 1. The third-order valence-electron chi connectivity index (χ3n) is 5.98. The minimum absolute atomic E-state index is 0.0631. The number of piperidine rings is 3. The first-order chi connectivity index (χ1) is 10.8. The summed E-state index contributed by atoms with van der Waals surface area (Å²) in [6.45, 7) is 2.44. The Balaban J connectivity index is 1.42. The van der Waals surface area contributed by atoms with Crippen molar-refractivity contribution >= 4 is 16.9 Å². The molecule has 3 saturated heterocycles. The predicted molar refractivity (Wildman–Crippen MR) is 83.7 cm³/mol. The monoisotopic (exact) mass is 296 g/mol. The first-order valence-electron chi connectivity index (χ1n) is 8.29. The lowest BCUT2D eigenvalue weighted by Gasteiger charge is -2.52. The zero-order valence-electron chi connectivity index (χ0n) is 12.5. The van der Waals surface area contributed by atoms with E-state index in [0.717, 1.165) is 16.5 Å². The number of fused-ring (bicyclic) bond motifs is 3. The molecular weight excluding hydrogens is 276 g/mol. The van der Waals surface area contributed by atoms with Crippen molar-refractivity contribution in [1.29, 1.82) is 0 Å². The second kappa shape index (κ2) is 4.35. The molecule has 1 amide bonds. The summed E-state index contributed by atoms with van der Waals surface area (Å²) < 4.78 is 5.35. The van der Waals surface area contributed by atoms with E-state index in [1.54, 1.807) is 6.26 Å². The maximum absolute atomic E-state index is 12.7. The minimum atomic E-state index is 0.0631. The van der Waals surface area contributed by atoms with Crippen LogP contribution in [0, 0.1) is 5.92 Å². The highest BCUT2D eigenvalue weighted by Crippen LogP contribution is 2.53. The number of nitrogens with zero attached hydrogens (tertiary/aromatic N) is 1. The number of rotatable bonds is 2. The van der Waals surface area contributed by atoms with E-state index < -0.39 is 0 Å². The van der Waals surface area contributed by atoms with Gasteiger partial charge in [-0.1, -0.05) is 0 Å². The highest BCUT2D eigenvalue weighted by Gasteiger charge is 2.60. The van der Waals surface area contributed by atoms with Gasteiger partial charge in [0.15, 0.2) is 0 Å². The molecule has 22 heavy (non-hydrogen) atoms. The molecule has 114 valence electrons. The van der Waals surface area contributed by atoms with Gasteiger partial charge in [0.05, 0.1) is 12.3 Å². The number of hydrogen-bond donors (Lipinski definition) is 1. The molecule has 1 spiro atoms. The van der Waals surface area contributed by atoms with E-state index in [9.17, 15) is 4.79 Å². The van der Waals surface area contributed by atoms with Crippen molar-refractivity contribution in [1.82, 2.24) is 10.2 Å². The van der Waals surface area contributed by atoms with E-state index in [2.05, 4.69) is 10.2 Å². The molecule has 0 unspecified atom stereocenters. The normalized spacial score (nSPS) is 31.5. The van der Waals surface area contributed by atoms with E-state index >= 15 is 0 Å². The maximum Gasteiger partial charge on any atom is 0.251 e. The van der Waals surface area contributed by atoms with E-state index in [4.69, 9.17) is 4.42 Å². The number of benzene rings is 1. The molecule has 0 radical (unpaired) electrons. The van der Waals surface area contributed by atoms with Gasteiger partial charge in [0.2, 0.25) is 0 Å². The van der Waals surface area contributed by atoms with E-state index in [1.165, 1.54) is 38.8 Å². The Kier molecular flexibility index (Phi) is 2.51. The molecule has 4 aliphatic rings. The summed E-state index contributed by atoms with van der Waals surface area (Å²) in [5.41, 5.74) is 1.86. The summed E-state index contributed by atoms with van der Waals surface area (Å²) in [5.74, 6) is 0.724. The van der Waals surface area contributed by atoms with Crippen LogP contribution in [0.5, 0.6) is 0 Å². The van der Waals surface area contributed by atoms with Crippen LogP contribution in [0.2, 0.25) is 0 Å². The summed E-state index contributed by atoms with van der Waals surface area (Å²) in [4.78, 5) is 15.3. The van der Waals surface area contributed by atoms with Crippen molar-refractivity contribution in [2.75, 3.05) is 13.1 Å². The standard InChI is InChI=1S/C18H20N2O2/c21-17(14-1-2-15-13(11-14)5-10-22-15)19-16-12-3-8-20(9-4-12)18(16)6-7-18/h1-2,5,10-12,16H,3-4,6-9H2,(H,19,21)/t16-/m0/s1. The maximum atomic E-state index is 12.7. The Morgan fingerprint density at radius 2 is 2.05 bits per heavy atom. The van der Waals surface area contributed by atoms with Gasteiger partial charge in [0, 0.05) is 16.5 Å². The number of amides is 1. The summed E-state index contributed by atoms with van der Waals surface area (Å²) >= 11 is 0. The molecule has 1 aromatic heterocycles. The lowest BCUT2D eigenvalue weighted by molar-refractivity contribution is -0.00144. The zero-order valence-corrected chi connectivity index (χ0v) is 12.5. The Bertz CT molecular complexity index is 738. The zero-order chi connectivity index (χ0) is 14.7. The van der Waals surface area contributed by atoms with Gasteiger partial charge in [-0.3, -0.25) is 9.69 Å². The Morgan fingerprint density at radius 1 is 1.23 bits per heavy atom. The van der Waals surface area contributed by atoms with Crippen molar-refractivity contribution in [3.8, 4) is 0 Å². The van der Waals surface area contributed by atoms with Gasteiger partial charge in [0.1, 0.15) is 5.58 Å². The fourth-order valence-electron chi connectivity index (χ4n) is 4.65. The van der Waals surface area contributed by atoms with Crippen molar-refractivity contribution in [3.05, 3.63) is 36.1 Å². The predicted octanol–water partition coefficient (Wildman–Crippen LogP) is 2.79. The van der Waals surface area contributed by atoms with E-state index in [-0.39, 0.29) is 11.4 Å². The highest BCUT2D eigenvalue weighted by molar-refractivity contribution is 5.98. The van der Waals surface area contributed by atoms with Crippen molar-refractivity contribution in [2.45, 2.75) is 37.3 Å². The number of hydrogen-bond acceptors (Lipinski definition) is 3. The van der Waals surface area contributed by atoms with Crippen LogP contribution >= 0.6 is 0 Å². The molecule has 1 atom stereocenters. The summed E-state index contributed by atoms with van der Waals surface area (Å²) in [5, 5.41) is 4.35. The Morgan fingerprint density at radius 3 is 2.82 bits per heavy atom. The van der Waals surface area contributed by atoms with Crippen molar-refractivity contribution in [3.63, 3.8) is 0 Å². The van der Waals surface area contributed by atoms with Crippen molar-refractivity contribution < 1.29 is 9.21 Å². The molecule has 3 aliphatic heterocycles. The molecule has 6 rings (SSSR count). The number of furan rings is 1. The van der Waals surface area contributed by atoms with Crippen LogP contribution in [-0.2, 0) is 0 Å². The minimum Gasteiger partial charge on any atom is -0.464 e. The molecule has 1 saturated carbocycles. The molecule has 4 fully saturated rings. The fourth-order valence-corrected chi connectivity index (χ4v) is 4.65. The fraction of sp³-hybridized carbons (Fsp3) is 0.500. The van der Waals surface area contributed by atoms with Gasteiger partial charge in [-0.2, -0.15) is 0 Å². The third kappa shape index (κ3) is 1.70. The topological polar surface area (TPSA) is 45.5 Å². The first kappa shape index (κ1) is 12.7. The molecule has 1 aliphatic carbocycles. The summed E-state index contributed by atoms with van der Waals surface area (Å²) in [7, 11) is 0. The second-order valence-corrected chi connectivity index (χ2v) is 7.05. The molecule has 4 heteroatoms. The van der Waals surface area contributed by atoms with Gasteiger partial charge in [-0.05, 0) is 69.0 Å². The Labute approximate surface area is 129 Å². The average molecular weight is 296 g/mol. The molecule has 2 aromatic rings. The smallest absolute Gasteiger partial charge is 0.251 e. The highest BCUT2D eigenvalue weighted by atomic mass is 16.3. The molecule has 1 N–H and O–H groups in total. The van der Waals surface area contributed by atoms with Crippen LogP contribution in [0.25, 0.3) is 11.0 Å². The van der Waals surface area contributed by atoms with Gasteiger partial charge in [0.25, 0.3) is 5.91 Å². The van der Waals surface area contributed by atoms with Gasteiger partial charge >= 0.3 is 0 Å². The average Bonchev–Trinajstić information content (AvgIpc) is 3.18. The lowest BCUT2D eigenvalue weighted by atomic mass is 9.77. The van der Waals surface area contributed by atoms with Gasteiger partial charge < -0.3 is 9.73 Å². The second-order valence-electron chi connectivity index (χ2n) is 7.05. The molecule has 4 heterocycles. The summed E-state index contributed by atoms with van der Waals surface area (Å²) in [6, 6.07) is 7.91. The molecular formula is C18H20N2O2. The van der Waals surface area contributed by atoms with E-state index in [0.29, 0.717) is 12.0 Å². The van der Waals surface area contributed by atoms with Crippen LogP contribution < -0.4 is 5.32 Å². The van der Waals surface area contributed by atoms with Crippen LogP contribution in [0.4, 0.5) is 0 Å². The first-order valence-corrected chi connectivity index (χ1v) is 8.29. The van der Waals surface area contributed by atoms with E-state index in [1.807, 2.05) is 24.3 Å². The quantitative estimate of drug-likeness (QED) is 0.927. The molecule has 1 aromatic carbocycles. The molecule has 2 bridgehead atoms. The van der Waals surface area contributed by atoms with Gasteiger partial charge in [-0.25, -0.2) is 0 Å². The van der Waals surface area contributed by atoms with Gasteiger partial charge in [-0.15, -0.1) is 0 Å². The van der Waals surface area contributed by atoms with Crippen LogP contribution in [0.3, 0.4) is 0 Å². The number of carbonyl (C=O) groups excluding carboxylic acids is 1. The van der Waals surface area contributed by atoms with Crippen LogP contribution in [0.1, 0.15) is 36.0 Å². The molecule has 4 nitrogen and oxygen atoms in total. The number of nitrogens with one attached hydrogen (secondary N) is 1. The van der Waals surface area contributed by atoms with Crippen molar-refractivity contribution in [2.24, 2.45) is 5.92 Å². The largest absolute Gasteiger partial charge is 0.464 e. The SMILES string of the molecule is O=C(N[C@H]1C2CCN(CC2)C12CC2)c1ccc2occc2c1. The summed E-state index contributed by atoms with van der Waals surface area (Å²) in [6.07, 6.45) is 6.62. The lowest BCUT2D eigenvalue weighted by Crippen LogP contribution is -2.65. The third-order valence-corrected chi connectivity index (χ3v) is 5.98.